The number of aromatic nitrogens is 4. The van der Waals surface area contributed by atoms with Gasteiger partial charge in [-0.05, 0) is 53.2 Å². The fourth-order valence-corrected chi connectivity index (χ4v) is 4.27. The van der Waals surface area contributed by atoms with E-state index in [-0.39, 0.29) is 4.90 Å². The molecule has 158 valence electrons. The third-order valence-corrected chi connectivity index (χ3v) is 6.11. The maximum absolute atomic E-state index is 12.8. The van der Waals surface area contributed by atoms with Gasteiger partial charge in [0.15, 0.2) is 5.82 Å². The second-order valence-corrected chi connectivity index (χ2v) is 8.59. The Balaban J connectivity index is 1.32. The molecule has 0 aliphatic rings. The second-order valence-electron chi connectivity index (χ2n) is 6.91. The van der Waals surface area contributed by atoms with E-state index in [1.54, 1.807) is 71.7 Å². The van der Waals surface area contributed by atoms with E-state index in [0.29, 0.717) is 23.1 Å². The lowest BCUT2D eigenvalue weighted by Gasteiger charge is -2.10. The highest BCUT2D eigenvalue weighted by Crippen LogP contribution is 2.25. The van der Waals surface area contributed by atoms with Crippen molar-refractivity contribution in [3.63, 3.8) is 0 Å². The number of anilines is 1. The molecule has 2 heterocycles. The molecule has 1 N–H and O–H groups in total. The zero-order valence-electron chi connectivity index (χ0n) is 16.7. The van der Waals surface area contributed by atoms with Gasteiger partial charge in [0, 0.05) is 24.1 Å². The zero-order chi connectivity index (χ0) is 22.0. The van der Waals surface area contributed by atoms with Crippen LogP contribution in [-0.2, 0) is 10.0 Å². The smallest absolute Gasteiger partial charge is 0.261 e. The Morgan fingerprint density at radius 3 is 2.44 bits per heavy atom. The van der Waals surface area contributed by atoms with Gasteiger partial charge in [0.1, 0.15) is 12.1 Å². The molecule has 0 saturated carbocycles. The molecule has 5 rings (SSSR count). The predicted molar refractivity (Wildman–Crippen MR) is 120 cm³/mol. The van der Waals surface area contributed by atoms with Crippen molar-refractivity contribution in [1.29, 1.82) is 0 Å². The number of ether oxygens (including phenoxy) is 1. The van der Waals surface area contributed by atoms with E-state index in [9.17, 15) is 8.42 Å². The summed E-state index contributed by atoms with van der Waals surface area (Å²) in [5.74, 6) is 1.42. The van der Waals surface area contributed by atoms with Gasteiger partial charge in [-0.15, -0.1) is 0 Å². The number of fused-ring (bicyclic) bond motifs is 1. The molecule has 9 heteroatoms. The lowest BCUT2D eigenvalue weighted by molar-refractivity contribution is 0.460. The van der Waals surface area contributed by atoms with E-state index in [2.05, 4.69) is 19.8 Å². The zero-order valence-corrected chi connectivity index (χ0v) is 17.5. The molecule has 3 aromatic carbocycles. The first-order chi connectivity index (χ1) is 15.6. The van der Waals surface area contributed by atoms with Crippen molar-refractivity contribution in [2.75, 3.05) is 4.72 Å². The summed E-state index contributed by atoms with van der Waals surface area (Å²) >= 11 is 0. The van der Waals surface area contributed by atoms with Gasteiger partial charge in [0.25, 0.3) is 10.0 Å². The van der Waals surface area contributed by atoms with Crippen molar-refractivity contribution >= 4 is 26.5 Å². The quantitative estimate of drug-likeness (QED) is 0.417. The largest absolute Gasteiger partial charge is 0.439 e. The number of nitrogens with one attached hydrogen (secondary N) is 1. The maximum atomic E-state index is 12.8. The van der Waals surface area contributed by atoms with Crippen LogP contribution in [0, 0.1) is 0 Å². The van der Waals surface area contributed by atoms with Gasteiger partial charge in [0.05, 0.1) is 4.90 Å². The van der Waals surface area contributed by atoms with Gasteiger partial charge in [-0.25, -0.2) is 23.1 Å². The van der Waals surface area contributed by atoms with Crippen LogP contribution in [0.25, 0.3) is 16.6 Å². The third-order valence-electron chi connectivity index (χ3n) is 4.73. The van der Waals surface area contributed by atoms with Crippen LogP contribution in [-0.4, -0.2) is 28.2 Å². The van der Waals surface area contributed by atoms with Crippen LogP contribution in [0.3, 0.4) is 0 Å². The van der Waals surface area contributed by atoms with E-state index in [1.807, 2.05) is 24.3 Å². The minimum atomic E-state index is -3.73. The summed E-state index contributed by atoms with van der Waals surface area (Å²) < 4.78 is 35.6. The van der Waals surface area contributed by atoms with Crippen molar-refractivity contribution in [2.45, 2.75) is 4.90 Å². The second kappa shape index (κ2) is 8.12. The molecule has 0 fully saturated rings. The summed E-state index contributed by atoms with van der Waals surface area (Å²) in [5, 5.41) is 5.97. The number of benzene rings is 3. The van der Waals surface area contributed by atoms with E-state index in [1.165, 1.54) is 6.33 Å². The van der Waals surface area contributed by atoms with Crippen LogP contribution in [0.2, 0.25) is 0 Å². The van der Waals surface area contributed by atoms with Gasteiger partial charge >= 0.3 is 0 Å². The fourth-order valence-electron chi connectivity index (χ4n) is 3.18. The van der Waals surface area contributed by atoms with E-state index in [4.69, 9.17) is 4.74 Å². The van der Waals surface area contributed by atoms with E-state index < -0.39 is 10.0 Å². The van der Waals surface area contributed by atoms with Crippen LogP contribution < -0.4 is 9.46 Å². The summed E-state index contributed by atoms with van der Waals surface area (Å²) in [6, 6.07) is 22.7. The molecule has 32 heavy (non-hydrogen) atoms. The molecule has 8 nitrogen and oxygen atoms in total. The Morgan fingerprint density at radius 1 is 0.844 bits per heavy atom. The molecule has 2 aromatic heterocycles. The van der Waals surface area contributed by atoms with Gasteiger partial charge < -0.3 is 4.74 Å². The van der Waals surface area contributed by atoms with Crippen molar-refractivity contribution in [1.82, 2.24) is 19.7 Å². The molecule has 5 aromatic rings. The fraction of sp³-hybridized carbons (Fsp3) is 0. The van der Waals surface area contributed by atoms with Crippen molar-refractivity contribution < 1.29 is 13.2 Å². The van der Waals surface area contributed by atoms with Crippen LogP contribution in [0.1, 0.15) is 0 Å². The Kier molecular flexibility index (Phi) is 5.00. The van der Waals surface area contributed by atoms with Crippen molar-refractivity contribution in [2.24, 2.45) is 0 Å². The van der Waals surface area contributed by atoms with Crippen LogP contribution in [0.4, 0.5) is 5.69 Å². The van der Waals surface area contributed by atoms with Crippen LogP contribution in [0.15, 0.2) is 102 Å². The summed E-state index contributed by atoms with van der Waals surface area (Å²) in [7, 11) is -3.73. The Labute approximate surface area is 184 Å². The third kappa shape index (κ3) is 4.14. The summed E-state index contributed by atoms with van der Waals surface area (Å²) in [6.07, 6.45) is 4.81. The lowest BCUT2D eigenvalue weighted by Crippen LogP contribution is -2.12. The van der Waals surface area contributed by atoms with Gasteiger partial charge in [-0.3, -0.25) is 4.72 Å². The summed E-state index contributed by atoms with van der Waals surface area (Å²) in [4.78, 5) is 8.46. The topological polar surface area (TPSA) is 99.0 Å². The van der Waals surface area contributed by atoms with Crippen molar-refractivity contribution in [3.8, 4) is 17.4 Å². The SMILES string of the molecule is O=S(=O)(Nc1ccc(Oc2cc(-n3cccn3)ncn2)cc1)c1ccc2ccccc2c1. The number of hydrogen-bond acceptors (Lipinski definition) is 6. The molecule has 0 atom stereocenters. The first kappa shape index (κ1) is 19.7. The molecule has 0 unspecified atom stereocenters. The molecule has 0 spiro atoms. The van der Waals surface area contributed by atoms with Crippen LogP contribution >= 0.6 is 0 Å². The molecule has 0 aliphatic heterocycles. The average Bonchev–Trinajstić information content (AvgIpc) is 3.35. The Morgan fingerprint density at radius 2 is 1.66 bits per heavy atom. The summed E-state index contributed by atoms with van der Waals surface area (Å²) in [6.45, 7) is 0. The van der Waals surface area contributed by atoms with Gasteiger partial charge in [-0.2, -0.15) is 5.10 Å². The monoisotopic (exact) mass is 443 g/mol. The van der Waals surface area contributed by atoms with E-state index >= 15 is 0 Å². The minimum absolute atomic E-state index is 0.198. The molecular weight excluding hydrogens is 426 g/mol. The van der Waals surface area contributed by atoms with Gasteiger partial charge in [-0.1, -0.05) is 30.3 Å². The summed E-state index contributed by atoms with van der Waals surface area (Å²) in [5.41, 5.74) is 0.422. The minimum Gasteiger partial charge on any atom is -0.439 e. The molecule has 0 radical (unpaired) electrons. The first-order valence-electron chi connectivity index (χ1n) is 9.68. The Hall–Kier alpha value is -4.24. The number of nitrogens with zero attached hydrogens (tertiary/aromatic N) is 4. The molecule has 0 bridgehead atoms. The highest BCUT2D eigenvalue weighted by Gasteiger charge is 2.15. The highest BCUT2D eigenvalue weighted by molar-refractivity contribution is 7.92. The van der Waals surface area contributed by atoms with E-state index in [0.717, 1.165) is 10.8 Å². The molecule has 0 saturated heterocycles. The lowest BCUT2D eigenvalue weighted by atomic mass is 10.1. The predicted octanol–water partition coefficient (Wildman–Crippen LogP) is 4.41. The standard InChI is InChI=1S/C23H17N5O3S/c29-32(30,21-11-6-17-4-1-2-5-18(17)14-21)27-19-7-9-20(10-8-19)31-23-15-22(24-16-25-23)28-13-3-12-26-28/h1-16,27H. The normalized spacial score (nSPS) is 11.4. The first-order valence-corrected chi connectivity index (χ1v) is 11.2. The number of rotatable bonds is 6. The molecule has 0 aliphatic carbocycles. The number of hydrogen-bond donors (Lipinski definition) is 1. The van der Waals surface area contributed by atoms with Crippen molar-refractivity contribution in [3.05, 3.63) is 97.6 Å². The molecular formula is C23H17N5O3S. The maximum Gasteiger partial charge on any atom is 0.261 e. The van der Waals surface area contributed by atoms with Crippen LogP contribution in [0.5, 0.6) is 11.6 Å². The Bertz CT molecular complexity index is 1480. The van der Waals surface area contributed by atoms with Gasteiger partial charge in [0.2, 0.25) is 5.88 Å². The highest BCUT2D eigenvalue weighted by atomic mass is 32.2. The number of sulfonamides is 1. The molecule has 0 amide bonds. The average molecular weight is 443 g/mol.